The van der Waals surface area contributed by atoms with E-state index in [0.717, 1.165) is 51.4 Å². The molecule has 0 bridgehead atoms. The summed E-state index contributed by atoms with van der Waals surface area (Å²) < 4.78 is 23.3. The standard InChI is InChI=1S/C51H101N2O6P/c1-6-8-10-12-14-16-18-20-21-22-23-24-25-26-27-28-29-30-31-33-34-36-38-40-42-44-50(54)49(48-59-60(56,57)58-47-46-53(3,4)5)52-51(55)45-43-41-39-37-35-32-19-17-15-13-11-9-7-2/h17,19,42,44,49-50,54H,6-16,18,20-41,43,45-48H2,1-5H3,(H-,52,55,56,57)/b19-17-,44-42+. The van der Waals surface area contributed by atoms with E-state index in [-0.39, 0.29) is 19.1 Å². The number of hydrogen-bond acceptors (Lipinski definition) is 6. The fourth-order valence-corrected chi connectivity index (χ4v) is 8.28. The van der Waals surface area contributed by atoms with Gasteiger partial charge < -0.3 is 28.8 Å². The van der Waals surface area contributed by atoms with Gasteiger partial charge in [0.1, 0.15) is 13.2 Å². The van der Waals surface area contributed by atoms with Crippen LogP contribution in [0.5, 0.6) is 0 Å². The number of carbonyl (C=O) groups is 1. The topological polar surface area (TPSA) is 108 Å². The van der Waals surface area contributed by atoms with Crippen LogP contribution in [0.1, 0.15) is 245 Å². The van der Waals surface area contributed by atoms with Crippen molar-refractivity contribution in [1.82, 2.24) is 5.32 Å². The zero-order chi connectivity index (χ0) is 44.3. The van der Waals surface area contributed by atoms with Crippen LogP contribution in [-0.4, -0.2) is 68.5 Å². The van der Waals surface area contributed by atoms with Crippen LogP contribution in [0.4, 0.5) is 0 Å². The van der Waals surface area contributed by atoms with Gasteiger partial charge >= 0.3 is 0 Å². The number of nitrogens with zero attached hydrogens (tertiary/aromatic N) is 1. The van der Waals surface area contributed by atoms with E-state index in [0.29, 0.717) is 17.4 Å². The second-order valence-corrected chi connectivity index (χ2v) is 20.3. The maximum atomic E-state index is 12.9. The number of rotatable bonds is 47. The van der Waals surface area contributed by atoms with Crippen LogP contribution in [0.15, 0.2) is 24.3 Å². The third-order valence-corrected chi connectivity index (χ3v) is 12.6. The van der Waals surface area contributed by atoms with Crippen molar-refractivity contribution in [2.75, 3.05) is 40.9 Å². The summed E-state index contributed by atoms with van der Waals surface area (Å²) in [6.07, 6.45) is 52.4. The van der Waals surface area contributed by atoms with Gasteiger partial charge in [-0.1, -0.05) is 218 Å². The molecule has 2 N–H and O–H groups in total. The van der Waals surface area contributed by atoms with Crippen LogP contribution in [0, 0.1) is 0 Å². The molecule has 0 saturated carbocycles. The van der Waals surface area contributed by atoms with Gasteiger partial charge in [-0.25, -0.2) is 0 Å². The number of carbonyl (C=O) groups excluding carboxylic acids is 1. The van der Waals surface area contributed by atoms with Gasteiger partial charge in [-0.3, -0.25) is 9.36 Å². The molecule has 9 heteroatoms. The first-order valence-corrected chi connectivity index (χ1v) is 27.2. The average Bonchev–Trinajstić information content (AvgIpc) is 3.20. The van der Waals surface area contributed by atoms with E-state index >= 15 is 0 Å². The maximum absolute atomic E-state index is 12.9. The van der Waals surface area contributed by atoms with E-state index in [1.165, 1.54) is 173 Å². The van der Waals surface area contributed by atoms with E-state index < -0.39 is 20.0 Å². The lowest BCUT2D eigenvalue weighted by Crippen LogP contribution is -2.45. The molecule has 0 aliphatic heterocycles. The Bertz CT molecular complexity index is 1030. The number of unbranched alkanes of at least 4 members (excludes halogenated alkanes) is 32. The molecule has 3 atom stereocenters. The maximum Gasteiger partial charge on any atom is 0.268 e. The monoisotopic (exact) mass is 869 g/mol. The van der Waals surface area contributed by atoms with E-state index in [2.05, 4.69) is 31.3 Å². The SMILES string of the molecule is CCCCCC/C=C\CCCCCCCC(=O)NC(COP(=O)([O-])OCC[N+](C)(C)C)C(O)/C=C/CCCCCCCCCCCCCCCCCCCCCCCCC. The molecule has 1 amide bonds. The smallest absolute Gasteiger partial charge is 0.268 e. The van der Waals surface area contributed by atoms with Crippen LogP contribution < -0.4 is 10.2 Å². The number of likely N-dealkylation sites (N-methyl/N-ethyl adjacent to an activating group) is 1. The molecule has 3 unspecified atom stereocenters. The molecule has 60 heavy (non-hydrogen) atoms. The summed E-state index contributed by atoms with van der Waals surface area (Å²) in [6, 6.07) is -0.888. The summed E-state index contributed by atoms with van der Waals surface area (Å²) >= 11 is 0. The summed E-state index contributed by atoms with van der Waals surface area (Å²) in [5.41, 5.74) is 0. The Kier molecular flexibility index (Phi) is 42.5. The quantitative estimate of drug-likeness (QED) is 0.0273. The van der Waals surface area contributed by atoms with Gasteiger partial charge in [0.05, 0.1) is 39.9 Å². The molecule has 0 saturated heterocycles. The Labute approximate surface area is 373 Å². The molecule has 0 rings (SSSR count). The van der Waals surface area contributed by atoms with Crippen LogP contribution in [0.3, 0.4) is 0 Å². The minimum atomic E-state index is -4.59. The van der Waals surface area contributed by atoms with Crippen molar-refractivity contribution < 1.29 is 32.9 Å². The number of amides is 1. The highest BCUT2D eigenvalue weighted by molar-refractivity contribution is 7.45. The summed E-state index contributed by atoms with van der Waals surface area (Å²) in [5, 5.41) is 13.8. The molecular weight excluding hydrogens is 768 g/mol. The first-order chi connectivity index (χ1) is 29.0. The van der Waals surface area contributed by atoms with Gasteiger partial charge in [-0.15, -0.1) is 0 Å². The number of phosphoric ester groups is 1. The van der Waals surface area contributed by atoms with Crippen LogP contribution in [0.2, 0.25) is 0 Å². The van der Waals surface area contributed by atoms with Crippen molar-refractivity contribution in [2.24, 2.45) is 0 Å². The number of phosphoric acid groups is 1. The lowest BCUT2D eigenvalue weighted by Gasteiger charge is -2.29. The van der Waals surface area contributed by atoms with Crippen molar-refractivity contribution in [1.29, 1.82) is 0 Å². The zero-order valence-electron chi connectivity index (χ0n) is 40.4. The minimum Gasteiger partial charge on any atom is -0.756 e. The Hall–Kier alpha value is -1.02. The molecule has 8 nitrogen and oxygen atoms in total. The predicted molar refractivity (Wildman–Crippen MR) is 256 cm³/mol. The molecule has 0 aliphatic rings. The van der Waals surface area contributed by atoms with Crippen LogP contribution >= 0.6 is 7.82 Å². The number of quaternary nitrogens is 1. The first kappa shape index (κ1) is 59.0. The average molecular weight is 869 g/mol. The molecule has 0 aliphatic carbocycles. The Balaban J connectivity index is 4.22. The van der Waals surface area contributed by atoms with E-state index in [9.17, 15) is 19.4 Å². The van der Waals surface area contributed by atoms with E-state index in [4.69, 9.17) is 9.05 Å². The molecule has 0 aromatic heterocycles. The summed E-state index contributed by atoms with van der Waals surface area (Å²) in [5.74, 6) is -0.205. The second kappa shape index (κ2) is 43.2. The van der Waals surface area contributed by atoms with Crippen molar-refractivity contribution in [3.63, 3.8) is 0 Å². The predicted octanol–water partition coefficient (Wildman–Crippen LogP) is 14.2. The van der Waals surface area contributed by atoms with Crippen LogP contribution in [0.25, 0.3) is 0 Å². The highest BCUT2D eigenvalue weighted by Crippen LogP contribution is 2.38. The number of hydrogen-bond donors (Lipinski definition) is 2. The second-order valence-electron chi connectivity index (χ2n) is 18.9. The molecule has 0 spiro atoms. The van der Waals surface area contributed by atoms with Gasteiger partial charge in [0, 0.05) is 6.42 Å². The van der Waals surface area contributed by atoms with Gasteiger partial charge in [-0.05, 0) is 44.9 Å². The number of aliphatic hydroxyl groups is 1. The largest absolute Gasteiger partial charge is 0.756 e. The molecule has 0 fully saturated rings. The van der Waals surface area contributed by atoms with Gasteiger partial charge in [0.25, 0.3) is 7.82 Å². The Morgan fingerprint density at radius 1 is 0.567 bits per heavy atom. The number of aliphatic hydroxyl groups excluding tert-OH is 1. The van der Waals surface area contributed by atoms with Gasteiger partial charge in [-0.2, -0.15) is 0 Å². The molecular formula is C51H101N2O6P. The van der Waals surface area contributed by atoms with Crippen molar-refractivity contribution in [3.05, 3.63) is 24.3 Å². The highest BCUT2D eigenvalue weighted by Gasteiger charge is 2.23. The lowest BCUT2D eigenvalue weighted by molar-refractivity contribution is -0.870. The molecule has 0 radical (unpaired) electrons. The summed E-state index contributed by atoms with van der Waals surface area (Å²) in [4.78, 5) is 25.3. The normalized spacial score (nSPS) is 14.3. The van der Waals surface area contributed by atoms with Gasteiger partial charge in [0.15, 0.2) is 0 Å². The fraction of sp³-hybridized carbons (Fsp3) is 0.902. The van der Waals surface area contributed by atoms with Gasteiger partial charge in [0.2, 0.25) is 5.91 Å². The highest BCUT2D eigenvalue weighted by atomic mass is 31.2. The molecule has 0 aromatic rings. The zero-order valence-corrected chi connectivity index (χ0v) is 41.3. The fourth-order valence-electron chi connectivity index (χ4n) is 7.56. The Morgan fingerprint density at radius 3 is 1.32 bits per heavy atom. The third kappa shape index (κ3) is 45.0. The number of nitrogens with one attached hydrogen (secondary N) is 1. The van der Waals surface area contributed by atoms with Crippen molar-refractivity contribution in [3.8, 4) is 0 Å². The van der Waals surface area contributed by atoms with Crippen LogP contribution in [-0.2, 0) is 18.4 Å². The van der Waals surface area contributed by atoms with Crippen molar-refractivity contribution >= 4 is 13.7 Å². The molecule has 356 valence electrons. The number of allylic oxidation sites excluding steroid dienone is 3. The lowest BCUT2D eigenvalue weighted by atomic mass is 10.0. The molecule has 0 aromatic carbocycles. The third-order valence-electron chi connectivity index (χ3n) is 11.7. The first-order valence-electron chi connectivity index (χ1n) is 25.7. The van der Waals surface area contributed by atoms with E-state index in [1.807, 2.05) is 27.2 Å². The van der Waals surface area contributed by atoms with Crippen molar-refractivity contribution in [2.45, 2.75) is 257 Å². The van der Waals surface area contributed by atoms with E-state index in [1.54, 1.807) is 6.08 Å². The Morgan fingerprint density at radius 2 is 0.917 bits per heavy atom. The minimum absolute atomic E-state index is 0.00133. The summed E-state index contributed by atoms with van der Waals surface area (Å²) in [7, 11) is 1.26. The summed E-state index contributed by atoms with van der Waals surface area (Å²) in [6.45, 7) is 4.64. The molecule has 0 heterocycles.